The third-order valence-corrected chi connectivity index (χ3v) is 8.92. The number of fused-ring (bicyclic) bond motifs is 1. The van der Waals surface area contributed by atoms with E-state index in [0.717, 1.165) is 5.56 Å². The fraction of sp³-hybridized carbons (Fsp3) is 0.417. The van der Waals surface area contributed by atoms with E-state index in [4.69, 9.17) is 33.7 Å². The summed E-state index contributed by atoms with van der Waals surface area (Å²) in [4.78, 5) is 29.7. The molecule has 0 aliphatic carbocycles. The van der Waals surface area contributed by atoms with Crippen molar-refractivity contribution in [2.45, 2.75) is 49.5 Å². The molecule has 202 valence electrons. The summed E-state index contributed by atoms with van der Waals surface area (Å²) in [6, 6.07) is 8.95. The average Bonchev–Trinajstić information content (AvgIpc) is 2.83. The number of rotatable bonds is 6. The number of hydrogen-bond acceptors (Lipinski definition) is 6. The Morgan fingerprint density at radius 3 is 2.24 bits per heavy atom. The molecular formula is C24H29Cl3N4O5S. The van der Waals surface area contributed by atoms with Gasteiger partial charge in [0.15, 0.2) is 0 Å². The van der Waals surface area contributed by atoms with Gasteiger partial charge >= 0.3 is 0 Å². The number of ether oxygens (including phenoxy) is 1. The van der Waals surface area contributed by atoms with Crippen molar-refractivity contribution in [3.8, 4) is 5.75 Å². The standard InChI is InChI=1S/C24H28Cl2N4O5S.ClH/c1-14(2)28-13-22-29(36(33,34)21-11-17(26)8-9-20(21)35-3)12-18(27)23(31)30(22)19(24(28)32)10-15-4-6-16(25)7-5-15;/h4-9,11,14,18-19,22H,10,12-13,27H2,1-3H3;1H. The summed E-state index contributed by atoms with van der Waals surface area (Å²) >= 11 is 12.1. The number of sulfonamides is 1. The van der Waals surface area contributed by atoms with Crippen molar-refractivity contribution >= 4 is 57.4 Å². The third kappa shape index (κ3) is 5.55. The second-order valence-electron chi connectivity index (χ2n) is 9.13. The highest BCUT2D eigenvalue weighted by Gasteiger charge is 2.53. The highest BCUT2D eigenvalue weighted by Crippen LogP contribution is 2.35. The minimum atomic E-state index is -4.23. The minimum absolute atomic E-state index is 0. The first kappa shape index (κ1) is 29.5. The summed E-state index contributed by atoms with van der Waals surface area (Å²) in [7, 11) is -2.86. The monoisotopic (exact) mass is 590 g/mol. The molecule has 3 unspecified atom stereocenters. The van der Waals surface area contributed by atoms with Crippen molar-refractivity contribution in [3.63, 3.8) is 0 Å². The number of piperazine rings is 1. The van der Waals surface area contributed by atoms with Crippen molar-refractivity contribution in [1.29, 1.82) is 0 Å². The quantitative estimate of drug-likeness (QED) is 0.553. The van der Waals surface area contributed by atoms with Crippen LogP contribution >= 0.6 is 35.6 Å². The van der Waals surface area contributed by atoms with Gasteiger partial charge in [-0.05, 0) is 49.7 Å². The number of hydrogen-bond donors (Lipinski definition) is 1. The van der Waals surface area contributed by atoms with Gasteiger partial charge in [0.05, 0.1) is 19.7 Å². The van der Waals surface area contributed by atoms with E-state index in [2.05, 4.69) is 0 Å². The molecule has 2 heterocycles. The zero-order valence-electron chi connectivity index (χ0n) is 20.5. The van der Waals surface area contributed by atoms with Gasteiger partial charge in [-0.1, -0.05) is 35.3 Å². The molecule has 2 fully saturated rings. The number of carbonyl (C=O) groups is 2. The van der Waals surface area contributed by atoms with Crippen LogP contribution in [0, 0.1) is 0 Å². The van der Waals surface area contributed by atoms with Gasteiger partial charge in [0, 0.05) is 29.1 Å². The molecule has 3 atom stereocenters. The fourth-order valence-electron chi connectivity index (χ4n) is 4.72. The molecule has 0 radical (unpaired) electrons. The van der Waals surface area contributed by atoms with Crippen molar-refractivity contribution in [3.05, 3.63) is 58.1 Å². The number of halogens is 3. The first-order chi connectivity index (χ1) is 16.9. The summed E-state index contributed by atoms with van der Waals surface area (Å²) in [6.45, 7) is 3.46. The first-order valence-electron chi connectivity index (χ1n) is 11.4. The van der Waals surface area contributed by atoms with Gasteiger partial charge in [0.25, 0.3) is 0 Å². The van der Waals surface area contributed by atoms with Gasteiger partial charge in [-0.3, -0.25) is 9.59 Å². The maximum absolute atomic E-state index is 14.0. The Bertz CT molecular complexity index is 1280. The van der Waals surface area contributed by atoms with E-state index < -0.39 is 34.2 Å². The van der Waals surface area contributed by atoms with E-state index in [1.807, 2.05) is 13.8 Å². The number of amides is 2. The van der Waals surface area contributed by atoms with Crippen LogP contribution in [0.3, 0.4) is 0 Å². The molecule has 0 saturated carbocycles. The van der Waals surface area contributed by atoms with Crippen LogP contribution in [-0.2, 0) is 26.0 Å². The highest BCUT2D eigenvalue weighted by molar-refractivity contribution is 7.89. The Kier molecular flexibility index (Phi) is 9.04. The number of nitrogens with zero attached hydrogens (tertiary/aromatic N) is 3. The molecule has 13 heteroatoms. The maximum atomic E-state index is 14.0. The van der Waals surface area contributed by atoms with Crippen LogP contribution in [0.25, 0.3) is 0 Å². The summed E-state index contributed by atoms with van der Waals surface area (Å²) in [5, 5.41) is 0.756. The SMILES string of the molecule is COc1ccc(Cl)cc1S(=O)(=O)N1CC(N)C(=O)N2C(Cc3ccc(Cl)cc3)C(=O)N(C(C)C)CC21.Cl. The lowest BCUT2D eigenvalue weighted by Gasteiger charge is -2.53. The van der Waals surface area contributed by atoms with E-state index in [-0.39, 0.29) is 59.5 Å². The number of benzene rings is 2. The number of nitrogens with two attached hydrogens (primary N) is 1. The molecule has 2 saturated heterocycles. The molecule has 37 heavy (non-hydrogen) atoms. The van der Waals surface area contributed by atoms with E-state index >= 15 is 0 Å². The van der Waals surface area contributed by atoms with Crippen molar-refractivity contribution < 1.29 is 22.7 Å². The second-order valence-corrected chi connectivity index (χ2v) is 11.9. The fourth-order valence-corrected chi connectivity index (χ4v) is 6.86. The normalized spacial score (nSPS) is 22.6. The molecule has 2 N–H and O–H groups in total. The Labute approximate surface area is 232 Å². The van der Waals surface area contributed by atoms with Gasteiger partial charge < -0.3 is 20.3 Å². The zero-order valence-corrected chi connectivity index (χ0v) is 23.6. The Morgan fingerprint density at radius 1 is 1.03 bits per heavy atom. The van der Waals surface area contributed by atoms with Gasteiger partial charge in [0.2, 0.25) is 21.8 Å². The van der Waals surface area contributed by atoms with Crippen molar-refractivity contribution in [1.82, 2.24) is 14.1 Å². The first-order valence-corrected chi connectivity index (χ1v) is 13.6. The van der Waals surface area contributed by atoms with Crippen molar-refractivity contribution in [2.75, 3.05) is 20.2 Å². The van der Waals surface area contributed by atoms with Crippen LogP contribution in [0.5, 0.6) is 5.75 Å². The van der Waals surface area contributed by atoms with Crippen LogP contribution in [0.4, 0.5) is 0 Å². The van der Waals surface area contributed by atoms with E-state index in [1.165, 1.54) is 34.5 Å². The summed E-state index contributed by atoms with van der Waals surface area (Å²) < 4.78 is 34.4. The molecule has 9 nitrogen and oxygen atoms in total. The highest BCUT2D eigenvalue weighted by atomic mass is 35.5. The maximum Gasteiger partial charge on any atom is 0.248 e. The van der Waals surface area contributed by atoms with Gasteiger partial charge in [0.1, 0.15) is 22.9 Å². The Morgan fingerprint density at radius 2 is 1.65 bits per heavy atom. The summed E-state index contributed by atoms with van der Waals surface area (Å²) in [5.41, 5.74) is 6.95. The van der Waals surface area contributed by atoms with Gasteiger partial charge in [-0.25, -0.2) is 8.42 Å². The van der Waals surface area contributed by atoms with Crippen LogP contribution < -0.4 is 10.5 Å². The molecule has 0 spiro atoms. The molecule has 0 bridgehead atoms. The predicted octanol–water partition coefficient (Wildman–Crippen LogP) is 2.77. The smallest absolute Gasteiger partial charge is 0.248 e. The molecule has 2 aromatic rings. The van der Waals surface area contributed by atoms with Crippen molar-refractivity contribution in [2.24, 2.45) is 5.73 Å². The van der Waals surface area contributed by atoms with Crippen LogP contribution in [0.2, 0.25) is 10.0 Å². The van der Waals surface area contributed by atoms with Crippen LogP contribution in [0.15, 0.2) is 47.4 Å². The second kappa shape index (κ2) is 11.3. The Hall–Kier alpha value is -2.08. The van der Waals surface area contributed by atoms with Gasteiger partial charge in [-0.2, -0.15) is 4.31 Å². The van der Waals surface area contributed by atoms with Gasteiger partial charge in [-0.15, -0.1) is 12.4 Å². The van der Waals surface area contributed by atoms with E-state index in [1.54, 1.807) is 29.2 Å². The molecule has 4 rings (SSSR count). The molecule has 2 amide bonds. The van der Waals surface area contributed by atoms with Crippen LogP contribution in [0.1, 0.15) is 19.4 Å². The minimum Gasteiger partial charge on any atom is -0.495 e. The molecular weight excluding hydrogens is 563 g/mol. The topological polar surface area (TPSA) is 113 Å². The third-order valence-electron chi connectivity index (χ3n) is 6.54. The molecule has 0 aromatic heterocycles. The zero-order chi connectivity index (χ0) is 26.4. The largest absolute Gasteiger partial charge is 0.495 e. The number of methoxy groups -OCH3 is 1. The molecule has 2 aliphatic heterocycles. The lowest BCUT2D eigenvalue weighted by atomic mass is 9.96. The predicted molar refractivity (Wildman–Crippen MR) is 144 cm³/mol. The lowest BCUT2D eigenvalue weighted by molar-refractivity contribution is -0.167. The Balaban J connectivity index is 0.00000380. The summed E-state index contributed by atoms with van der Waals surface area (Å²) in [6.07, 6.45) is -0.772. The van der Waals surface area contributed by atoms with E-state index in [0.29, 0.717) is 5.02 Å². The summed E-state index contributed by atoms with van der Waals surface area (Å²) in [5.74, 6) is -0.627. The molecule has 2 aromatic carbocycles. The number of carbonyl (C=O) groups excluding carboxylic acids is 2. The molecule has 2 aliphatic rings. The lowest BCUT2D eigenvalue weighted by Crippen LogP contribution is -2.75. The van der Waals surface area contributed by atoms with E-state index in [9.17, 15) is 18.0 Å². The average molecular weight is 592 g/mol. The van der Waals surface area contributed by atoms with Crippen LogP contribution in [-0.4, -0.2) is 78.8 Å².